The molecule has 144 valence electrons. The lowest BCUT2D eigenvalue weighted by molar-refractivity contribution is -0.118. The second-order valence-corrected chi connectivity index (χ2v) is 9.21. The Balaban J connectivity index is 1.80. The molecular weight excluding hydrogens is 364 g/mol. The fraction of sp³-hybridized carbons (Fsp3) is 0.350. The van der Waals surface area contributed by atoms with Gasteiger partial charge in [-0.3, -0.25) is 4.79 Å². The van der Waals surface area contributed by atoms with E-state index in [1.807, 2.05) is 30.3 Å². The third kappa shape index (κ3) is 3.84. The molecule has 7 heteroatoms. The Morgan fingerprint density at radius 2 is 1.81 bits per heavy atom. The summed E-state index contributed by atoms with van der Waals surface area (Å²) < 4.78 is 31.4. The van der Waals surface area contributed by atoms with Crippen LogP contribution in [0.5, 0.6) is 5.75 Å². The topological polar surface area (TPSA) is 75.7 Å². The average Bonchev–Trinajstić information content (AvgIpc) is 2.67. The highest BCUT2D eigenvalue weighted by molar-refractivity contribution is 7.91. The molecule has 2 aromatic carbocycles. The number of nitrogens with zero attached hydrogens (tertiary/aromatic N) is 1. The second kappa shape index (κ2) is 7.70. The lowest BCUT2D eigenvalue weighted by atomic mass is 10.0. The summed E-state index contributed by atoms with van der Waals surface area (Å²) in [6.45, 7) is 2.20. The fourth-order valence-corrected chi connectivity index (χ4v) is 5.19. The molecule has 0 unspecified atom stereocenters. The summed E-state index contributed by atoms with van der Waals surface area (Å²) in [6.07, 6.45) is 0.932. The first-order valence-electron chi connectivity index (χ1n) is 8.86. The lowest BCUT2D eigenvalue weighted by Crippen LogP contribution is -2.56. The van der Waals surface area contributed by atoms with Gasteiger partial charge >= 0.3 is 0 Å². The minimum Gasteiger partial charge on any atom is -0.497 e. The van der Waals surface area contributed by atoms with Gasteiger partial charge < -0.3 is 10.1 Å². The number of hydrogen-bond acceptors (Lipinski definition) is 4. The maximum atomic E-state index is 13.2. The van der Waals surface area contributed by atoms with Crippen LogP contribution in [-0.2, 0) is 21.4 Å². The molecule has 1 heterocycles. The number of amides is 1. The molecule has 3 rings (SSSR count). The maximum Gasteiger partial charge on any atom is 0.246 e. The summed E-state index contributed by atoms with van der Waals surface area (Å²) in [4.78, 5) is 12.9. The molecular formula is C20H24N2O4S. The van der Waals surface area contributed by atoms with Crippen molar-refractivity contribution in [3.05, 3.63) is 60.2 Å². The van der Waals surface area contributed by atoms with Crippen molar-refractivity contribution in [2.75, 3.05) is 19.0 Å². The third-order valence-corrected chi connectivity index (χ3v) is 7.52. The standard InChI is InChI=1S/C20H24N2O4S/c1-20(19(23)21-17-9-11-18(26-2)12-10-17)13-6-14-22(27(20,24)25)15-16-7-4-3-5-8-16/h3-5,7-12H,6,13-15H2,1-2H3,(H,21,23)/t20-/m1/s1. The van der Waals surface area contributed by atoms with Crippen LogP contribution < -0.4 is 10.1 Å². The summed E-state index contributed by atoms with van der Waals surface area (Å²) in [5.41, 5.74) is 1.44. The Morgan fingerprint density at radius 1 is 1.15 bits per heavy atom. The van der Waals surface area contributed by atoms with E-state index in [1.54, 1.807) is 31.4 Å². The summed E-state index contributed by atoms with van der Waals surface area (Å²) >= 11 is 0. The van der Waals surface area contributed by atoms with E-state index in [0.717, 1.165) is 5.56 Å². The smallest absolute Gasteiger partial charge is 0.246 e. The van der Waals surface area contributed by atoms with E-state index in [2.05, 4.69) is 5.32 Å². The van der Waals surface area contributed by atoms with Crippen LogP contribution in [0.1, 0.15) is 25.3 Å². The van der Waals surface area contributed by atoms with Crippen LogP contribution in [0.3, 0.4) is 0 Å². The summed E-state index contributed by atoms with van der Waals surface area (Å²) in [5.74, 6) is 0.156. The van der Waals surface area contributed by atoms with Gasteiger partial charge in [-0.05, 0) is 49.6 Å². The monoisotopic (exact) mass is 388 g/mol. The Hall–Kier alpha value is -2.38. The number of benzene rings is 2. The molecule has 0 aromatic heterocycles. The number of nitrogens with one attached hydrogen (secondary N) is 1. The van der Waals surface area contributed by atoms with Crippen molar-refractivity contribution in [2.24, 2.45) is 0 Å². The molecule has 1 atom stereocenters. The lowest BCUT2D eigenvalue weighted by Gasteiger charge is -2.38. The van der Waals surface area contributed by atoms with Crippen LogP contribution in [0.15, 0.2) is 54.6 Å². The van der Waals surface area contributed by atoms with Gasteiger partial charge in [0.15, 0.2) is 4.75 Å². The van der Waals surface area contributed by atoms with E-state index in [-0.39, 0.29) is 6.54 Å². The quantitative estimate of drug-likeness (QED) is 0.854. The summed E-state index contributed by atoms with van der Waals surface area (Å²) in [7, 11) is -2.24. The van der Waals surface area contributed by atoms with Crippen LogP contribution in [0, 0.1) is 0 Å². The van der Waals surface area contributed by atoms with Gasteiger partial charge in [0.25, 0.3) is 0 Å². The molecule has 1 amide bonds. The Bertz CT molecular complexity index is 897. The molecule has 0 radical (unpaired) electrons. The van der Waals surface area contributed by atoms with Crippen molar-refractivity contribution in [2.45, 2.75) is 31.1 Å². The minimum absolute atomic E-state index is 0.272. The molecule has 0 bridgehead atoms. The fourth-order valence-electron chi connectivity index (χ4n) is 3.25. The van der Waals surface area contributed by atoms with Crippen LogP contribution in [0.25, 0.3) is 0 Å². The van der Waals surface area contributed by atoms with Crippen LogP contribution in [0.4, 0.5) is 5.69 Å². The first-order valence-corrected chi connectivity index (χ1v) is 10.3. The Labute approximate surface area is 160 Å². The van der Waals surface area contributed by atoms with Crippen molar-refractivity contribution in [3.63, 3.8) is 0 Å². The number of methoxy groups -OCH3 is 1. The second-order valence-electron chi connectivity index (χ2n) is 6.84. The first kappa shape index (κ1) is 19.4. The van der Waals surface area contributed by atoms with Crippen LogP contribution >= 0.6 is 0 Å². The Kier molecular flexibility index (Phi) is 5.53. The highest BCUT2D eigenvalue weighted by atomic mass is 32.2. The zero-order valence-corrected chi connectivity index (χ0v) is 16.3. The molecule has 1 N–H and O–H groups in total. The highest BCUT2D eigenvalue weighted by Gasteiger charge is 2.51. The zero-order valence-electron chi connectivity index (χ0n) is 15.5. The van der Waals surface area contributed by atoms with Crippen LogP contribution in [-0.4, -0.2) is 37.0 Å². The molecule has 27 heavy (non-hydrogen) atoms. The molecule has 0 saturated carbocycles. The number of carbonyl (C=O) groups excluding carboxylic acids is 1. The molecule has 1 saturated heterocycles. The van der Waals surface area contributed by atoms with Crippen molar-refractivity contribution >= 4 is 21.6 Å². The highest BCUT2D eigenvalue weighted by Crippen LogP contribution is 2.34. The third-order valence-electron chi connectivity index (χ3n) is 5.00. The van der Waals surface area contributed by atoms with Gasteiger partial charge in [0.2, 0.25) is 15.9 Å². The molecule has 0 spiro atoms. The SMILES string of the molecule is COc1ccc(NC(=O)[C@@]2(C)CCCN(Cc3ccccc3)S2(=O)=O)cc1. The number of rotatable bonds is 5. The van der Waals surface area contributed by atoms with E-state index in [1.165, 1.54) is 11.2 Å². The Morgan fingerprint density at radius 3 is 2.44 bits per heavy atom. The number of sulfonamides is 1. The van der Waals surface area contributed by atoms with Crippen molar-refractivity contribution in [1.29, 1.82) is 0 Å². The normalized spacial score (nSPS) is 22.1. The molecule has 2 aromatic rings. The molecule has 0 aliphatic carbocycles. The van der Waals surface area contributed by atoms with Gasteiger partial charge in [-0.25, -0.2) is 8.42 Å². The predicted molar refractivity (Wildman–Crippen MR) is 105 cm³/mol. The molecule has 6 nitrogen and oxygen atoms in total. The van der Waals surface area contributed by atoms with Crippen molar-refractivity contribution in [1.82, 2.24) is 4.31 Å². The maximum absolute atomic E-state index is 13.2. The first-order chi connectivity index (χ1) is 12.9. The van der Waals surface area contributed by atoms with Gasteiger partial charge in [0.1, 0.15) is 5.75 Å². The number of ether oxygens (including phenoxy) is 1. The van der Waals surface area contributed by atoms with Gasteiger partial charge in [-0.15, -0.1) is 0 Å². The number of carbonyl (C=O) groups is 1. The zero-order chi connectivity index (χ0) is 19.5. The molecule has 1 aliphatic heterocycles. The predicted octanol–water partition coefficient (Wildman–Crippen LogP) is 3.02. The van der Waals surface area contributed by atoms with Crippen molar-refractivity contribution < 1.29 is 17.9 Å². The largest absolute Gasteiger partial charge is 0.497 e. The van der Waals surface area contributed by atoms with E-state index in [4.69, 9.17) is 4.74 Å². The van der Waals surface area contributed by atoms with E-state index >= 15 is 0 Å². The molecule has 1 aliphatic rings. The van der Waals surface area contributed by atoms with Crippen LogP contribution in [0.2, 0.25) is 0 Å². The number of anilines is 1. The van der Waals surface area contributed by atoms with Gasteiger partial charge in [0.05, 0.1) is 7.11 Å². The van der Waals surface area contributed by atoms with E-state index in [9.17, 15) is 13.2 Å². The van der Waals surface area contributed by atoms with E-state index < -0.39 is 20.7 Å². The van der Waals surface area contributed by atoms with E-state index in [0.29, 0.717) is 30.8 Å². The summed E-state index contributed by atoms with van der Waals surface area (Å²) in [5, 5.41) is 2.74. The number of hydrogen-bond donors (Lipinski definition) is 1. The van der Waals surface area contributed by atoms with Crippen molar-refractivity contribution in [3.8, 4) is 5.75 Å². The molecule has 1 fully saturated rings. The van der Waals surface area contributed by atoms with Gasteiger partial charge in [0, 0.05) is 18.8 Å². The van der Waals surface area contributed by atoms with Gasteiger partial charge in [-0.2, -0.15) is 4.31 Å². The minimum atomic E-state index is -3.80. The summed E-state index contributed by atoms with van der Waals surface area (Å²) in [6, 6.07) is 16.2. The van der Waals surface area contributed by atoms with Gasteiger partial charge in [-0.1, -0.05) is 30.3 Å². The average molecular weight is 388 g/mol.